The van der Waals surface area contributed by atoms with E-state index < -0.39 is 47.2 Å². The average Bonchev–Trinajstić information content (AvgIpc) is 2.73. The minimum absolute atomic E-state index is 0.196. The number of pyridine rings is 1. The number of thioether (sulfide) groups is 1. The molecular weight excluding hydrogens is 430 g/mol. The number of ether oxygens (including phenoxy) is 1. The van der Waals surface area contributed by atoms with Crippen molar-refractivity contribution in [3.63, 3.8) is 0 Å². The molecule has 3 heterocycles. The van der Waals surface area contributed by atoms with E-state index in [0.717, 1.165) is 4.90 Å². The molecule has 4 amide bonds. The van der Waals surface area contributed by atoms with Gasteiger partial charge in [0.15, 0.2) is 0 Å². The highest BCUT2D eigenvalue weighted by Crippen LogP contribution is 2.40. The largest absolute Gasteiger partial charge is 0.477 e. The van der Waals surface area contributed by atoms with Gasteiger partial charge in [-0.05, 0) is 6.07 Å². The normalized spacial score (nSPS) is 20.8. The third-order valence-corrected chi connectivity index (χ3v) is 5.90. The first kappa shape index (κ1) is 22.1. The van der Waals surface area contributed by atoms with Crippen molar-refractivity contribution in [2.75, 3.05) is 12.4 Å². The van der Waals surface area contributed by atoms with Gasteiger partial charge in [0.25, 0.3) is 5.91 Å². The summed E-state index contributed by atoms with van der Waals surface area (Å²) in [7, 11) is 0. The van der Waals surface area contributed by atoms with E-state index >= 15 is 0 Å². The van der Waals surface area contributed by atoms with Crippen LogP contribution in [0, 0.1) is 0 Å². The van der Waals surface area contributed by atoms with Gasteiger partial charge in [-0.1, -0.05) is 6.07 Å². The molecule has 0 saturated carbocycles. The van der Waals surface area contributed by atoms with Gasteiger partial charge in [-0.2, -0.15) is 0 Å². The Kier molecular flexibility index (Phi) is 6.44. The molecule has 0 radical (unpaired) electrons. The number of carboxylic acid groups (broad SMARTS) is 1. The lowest BCUT2D eigenvalue weighted by Gasteiger charge is -2.49. The van der Waals surface area contributed by atoms with E-state index in [1.54, 1.807) is 12.1 Å². The minimum Gasteiger partial charge on any atom is -0.477 e. The van der Waals surface area contributed by atoms with Crippen molar-refractivity contribution < 1.29 is 33.8 Å². The second-order valence-electron chi connectivity index (χ2n) is 6.66. The van der Waals surface area contributed by atoms with Crippen LogP contribution in [0.3, 0.4) is 0 Å². The fourth-order valence-corrected chi connectivity index (χ4v) is 4.54. The maximum absolute atomic E-state index is 12.8. The molecular formula is C18H19N5O7S. The summed E-state index contributed by atoms with van der Waals surface area (Å²) in [6.45, 7) is 0.946. The molecule has 2 unspecified atom stereocenters. The summed E-state index contributed by atoms with van der Waals surface area (Å²) in [5, 5.41) is 13.7. The molecule has 1 fully saturated rings. The molecule has 5 N–H and O–H groups in total. The highest BCUT2D eigenvalue weighted by molar-refractivity contribution is 8.00. The number of nitrogens with zero attached hydrogens (tertiary/aromatic N) is 2. The van der Waals surface area contributed by atoms with E-state index in [4.69, 9.17) is 10.5 Å². The van der Waals surface area contributed by atoms with Crippen LogP contribution in [0.2, 0.25) is 0 Å². The SMILES string of the molecule is CC(=O)OCC1=C(C(=O)O)N2C(=O)[C@H](NC(=O)C(NC(N)=O)c3cccnc3)C2SC1. The summed E-state index contributed by atoms with van der Waals surface area (Å²) in [5.41, 5.74) is 5.53. The first-order valence-electron chi connectivity index (χ1n) is 9.00. The molecule has 31 heavy (non-hydrogen) atoms. The van der Waals surface area contributed by atoms with Crippen molar-refractivity contribution in [3.8, 4) is 0 Å². The minimum atomic E-state index is -1.34. The first-order valence-corrected chi connectivity index (χ1v) is 10.0. The quantitative estimate of drug-likeness (QED) is 0.303. The van der Waals surface area contributed by atoms with Crippen LogP contribution < -0.4 is 16.4 Å². The van der Waals surface area contributed by atoms with E-state index in [0.29, 0.717) is 5.56 Å². The second kappa shape index (κ2) is 9.04. The Morgan fingerprint density at radius 2 is 2.16 bits per heavy atom. The van der Waals surface area contributed by atoms with Gasteiger partial charge in [-0.25, -0.2) is 9.59 Å². The van der Waals surface area contributed by atoms with Crippen LogP contribution in [0.5, 0.6) is 0 Å². The fourth-order valence-electron chi connectivity index (χ4n) is 3.21. The molecule has 0 spiro atoms. The highest BCUT2D eigenvalue weighted by Gasteiger charge is 2.54. The molecule has 2 aliphatic rings. The van der Waals surface area contributed by atoms with Crippen LogP contribution in [-0.2, 0) is 23.9 Å². The molecule has 3 rings (SSSR count). The zero-order chi connectivity index (χ0) is 22.7. The Hall–Kier alpha value is -3.61. The van der Waals surface area contributed by atoms with Crippen LogP contribution in [-0.4, -0.2) is 68.5 Å². The number of aliphatic carboxylic acids is 1. The number of esters is 1. The van der Waals surface area contributed by atoms with Gasteiger partial charge >= 0.3 is 18.0 Å². The van der Waals surface area contributed by atoms with Crippen molar-refractivity contribution in [2.45, 2.75) is 24.4 Å². The van der Waals surface area contributed by atoms with Gasteiger partial charge in [-0.15, -0.1) is 11.8 Å². The van der Waals surface area contributed by atoms with Crippen LogP contribution >= 0.6 is 11.8 Å². The number of carboxylic acids is 1. The van der Waals surface area contributed by atoms with E-state index in [-0.39, 0.29) is 23.6 Å². The molecule has 1 aromatic heterocycles. The van der Waals surface area contributed by atoms with E-state index in [9.17, 15) is 29.1 Å². The average molecular weight is 449 g/mol. The molecule has 0 aromatic carbocycles. The number of hydrogen-bond acceptors (Lipinski definition) is 8. The van der Waals surface area contributed by atoms with Gasteiger partial charge in [0.2, 0.25) is 5.91 Å². The summed E-state index contributed by atoms with van der Waals surface area (Å²) in [5.74, 6) is -3.05. The number of carbonyl (C=O) groups excluding carboxylic acids is 4. The summed E-state index contributed by atoms with van der Waals surface area (Å²) in [6, 6.07) is -0.000152. The van der Waals surface area contributed by atoms with Crippen LogP contribution in [0.1, 0.15) is 18.5 Å². The lowest BCUT2D eigenvalue weighted by molar-refractivity contribution is -0.151. The molecule has 0 aliphatic carbocycles. The van der Waals surface area contributed by atoms with Crippen molar-refractivity contribution in [1.82, 2.24) is 20.5 Å². The zero-order valence-electron chi connectivity index (χ0n) is 16.2. The third-order valence-electron chi connectivity index (χ3n) is 4.56. The van der Waals surface area contributed by atoms with E-state index in [2.05, 4.69) is 15.6 Å². The number of carbonyl (C=O) groups is 5. The predicted octanol–water partition coefficient (Wildman–Crippen LogP) is -0.907. The molecule has 2 aliphatic heterocycles. The zero-order valence-corrected chi connectivity index (χ0v) is 17.0. The monoisotopic (exact) mass is 449 g/mol. The highest BCUT2D eigenvalue weighted by atomic mass is 32.2. The summed E-state index contributed by atoms with van der Waals surface area (Å²) >= 11 is 1.22. The van der Waals surface area contributed by atoms with E-state index in [1.807, 2.05) is 0 Å². The Bertz CT molecular complexity index is 967. The van der Waals surface area contributed by atoms with Crippen LogP contribution in [0.4, 0.5) is 4.79 Å². The van der Waals surface area contributed by atoms with Gasteiger partial charge in [0.1, 0.15) is 29.8 Å². The topological polar surface area (TPSA) is 181 Å². The Labute approximate surface area is 180 Å². The Morgan fingerprint density at radius 1 is 1.42 bits per heavy atom. The molecule has 1 saturated heterocycles. The lowest BCUT2D eigenvalue weighted by Crippen LogP contribution is -2.71. The summed E-state index contributed by atoms with van der Waals surface area (Å²) < 4.78 is 4.87. The molecule has 12 nitrogen and oxygen atoms in total. The number of urea groups is 1. The number of β-lactam (4-membered cyclic amide) rings is 1. The predicted molar refractivity (Wildman–Crippen MR) is 106 cm³/mol. The summed E-state index contributed by atoms with van der Waals surface area (Å²) in [6.07, 6.45) is 2.86. The van der Waals surface area contributed by atoms with Gasteiger partial charge in [0, 0.05) is 36.2 Å². The lowest BCUT2D eigenvalue weighted by atomic mass is 10.0. The van der Waals surface area contributed by atoms with E-state index in [1.165, 1.54) is 31.1 Å². The van der Waals surface area contributed by atoms with Crippen molar-refractivity contribution in [3.05, 3.63) is 41.4 Å². The molecule has 1 aromatic rings. The number of rotatable bonds is 7. The van der Waals surface area contributed by atoms with Gasteiger partial charge in [-0.3, -0.25) is 24.3 Å². The number of fused-ring (bicyclic) bond motifs is 1. The van der Waals surface area contributed by atoms with Crippen molar-refractivity contribution in [1.29, 1.82) is 0 Å². The number of amides is 4. The number of aromatic nitrogens is 1. The fraction of sp³-hybridized carbons (Fsp3) is 0.333. The number of nitrogens with one attached hydrogen (secondary N) is 2. The maximum atomic E-state index is 12.8. The number of nitrogens with two attached hydrogens (primary N) is 1. The molecule has 0 bridgehead atoms. The smallest absolute Gasteiger partial charge is 0.352 e. The standard InChI is InChI=1S/C18H19N5O7S/c1-8(24)30-6-10-7-31-16-12(15(26)23(16)13(10)17(27)28)21-14(25)11(22-18(19)29)9-3-2-4-20-5-9/h2-5,11-12,16H,6-7H2,1H3,(H,21,25)(H,27,28)(H3,19,22,29)/t11?,12-,16?/m0/s1. The first-order chi connectivity index (χ1) is 14.7. The number of hydrogen-bond donors (Lipinski definition) is 4. The third kappa shape index (κ3) is 4.60. The van der Waals surface area contributed by atoms with Gasteiger partial charge in [0.05, 0.1) is 0 Å². The van der Waals surface area contributed by atoms with Gasteiger partial charge < -0.3 is 26.2 Å². The molecule has 164 valence electrons. The Balaban J connectivity index is 1.77. The van der Waals surface area contributed by atoms with Crippen molar-refractivity contribution >= 4 is 41.5 Å². The van der Waals surface area contributed by atoms with Crippen LogP contribution in [0.25, 0.3) is 0 Å². The Morgan fingerprint density at radius 3 is 2.74 bits per heavy atom. The van der Waals surface area contributed by atoms with Crippen LogP contribution in [0.15, 0.2) is 35.8 Å². The molecule has 3 atom stereocenters. The maximum Gasteiger partial charge on any atom is 0.352 e. The number of primary amides is 1. The van der Waals surface area contributed by atoms with Crippen molar-refractivity contribution in [2.24, 2.45) is 5.73 Å². The molecule has 13 heteroatoms. The summed E-state index contributed by atoms with van der Waals surface area (Å²) in [4.78, 5) is 64.5. The second-order valence-corrected chi connectivity index (χ2v) is 7.77.